The summed E-state index contributed by atoms with van der Waals surface area (Å²) in [6, 6.07) is 0. The van der Waals surface area contributed by atoms with Crippen molar-refractivity contribution >= 4 is 0 Å². The molecule has 0 aromatic carbocycles. The third-order valence-electron chi connectivity index (χ3n) is 10.9. The molecule has 0 bridgehead atoms. The molecule has 5 aliphatic rings. The minimum Gasteiger partial charge on any atom is -0.393 e. The predicted octanol–water partition coefficient (Wildman–Crippen LogP) is 6.54. The van der Waals surface area contributed by atoms with Gasteiger partial charge in [-0.25, -0.2) is 0 Å². The highest BCUT2D eigenvalue weighted by Gasteiger charge is 2.60. The van der Waals surface area contributed by atoms with Gasteiger partial charge in [-0.15, -0.1) is 0 Å². The van der Waals surface area contributed by atoms with Crippen LogP contribution in [0.1, 0.15) is 86.5 Å². The summed E-state index contributed by atoms with van der Waals surface area (Å²) in [4.78, 5) is 0. The molecule has 30 heavy (non-hydrogen) atoms. The van der Waals surface area contributed by atoms with Crippen molar-refractivity contribution in [3.8, 4) is 0 Å². The number of ether oxygens (including phenoxy) is 1. The topological polar surface area (TPSA) is 32.8 Å². The number of rotatable bonds is 4. The second kappa shape index (κ2) is 7.20. The number of allylic oxidation sites excluding steroid dienone is 3. The first-order chi connectivity index (χ1) is 14.2. The maximum absolute atomic E-state index is 10.2. The Hall–Kier alpha value is -0.600. The van der Waals surface area contributed by atoms with Crippen LogP contribution in [0.5, 0.6) is 0 Å². The third-order valence-corrected chi connectivity index (χ3v) is 10.9. The average Bonchev–Trinajstić information content (AvgIpc) is 3.42. The van der Waals surface area contributed by atoms with E-state index in [-0.39, 0.29) is 6.10 Å². The number of fused-ring (bicyclic) bond motifs is 5. The largest absolute Gasteiger partial charge is 0.393 e. The van der Waals surface area contributed by atoms with Crippen LogP contribution in [0.2, 0.25) is 0 Å². The van der Waals surface area contributed by atoms with Gasteiger partial charge in [0.1, 0.15) is 0 Å². The normalized spacial score (nSPS) is 49.5. The minimum absolute atomic E-state index is 0.121. The Morgan fingerprint density at radius 3 is 2.43 bits per heavy atom. The number of hydrogen-bond donors (Lipinski definition) is 1. The molecule has 1 aliphatic heterocycles. The van der Waals surface area contributed by atoms with E-state index in [0.29, 0.717) is 46.7 Å². The van der Waals surface area contributed by atoms with Crippen LogP contribution in [0.25, 0.3) is 0 Å². The van der Waals surface area contributed by atoms with Crippen LogP contribution < -0.4 is 0 Å². The molecule has 0 spiro atoms. The average molecular weight is 413 g/mol. The lowest BCUT2D eigenvalue weighted by molar-refractivity contribution is 0.0299. The molecule has 1 saturated heterocycles. The predicted molar refractivity (Wildman–Crippen MR) is 123 cm³/mol. The van der Waals surface area contributed by atoms with Gasteiger partial charge in [0, 0.05) is 0 Å². The van der Waals surface area contributed by atoms with Crippen LogP contribution in [0, 0.1) is 46.3 Å². The quantitative estimate of drug-likeness (QED) is 0.532. The zero-order chi connectivity index (χ0) is 21.4. The molecule has 0 aromatic rings. The Morgan fingerprint density at radius 2 is 1.70 bits per heavy atom. The zero-order valence-electron chi connectivity index (χ0n) is 20.2. The van der Waals surface area contributed by atoms with Crippen molar-refractivity contribution in [3.05, 3.63) is 23.3 Å². The van der Waals surface area contributed by atoms with E-state index in [1.165, 1.54) is 31.3 Å². The summed E-state index contributed by atoms with van der Waals surface area (Å²) in [6.07, 6.45) is 14.3. The summed E-state index contributed by atoms with van der Waals surface area (Å²) >= 11 is 0. The first-order valence-electron chi connectivity index (χ1n) is 12.9. The Morgan fingerprint density at radius 1 is 0.933 bits per heavy atom. The third kappa shape index (κ3) is 3.03. The summed E-state index contributed by atoms with van der Waals surface area (Å²) in [5.74, 6) is 4.32. The van der Waals surface area contributed by atoms with Crippen molar-refractivity contribution in [2.45, 2.75) is 105 Å². The lowest BCUT2D eigenvalue weighted by Crippen LogP contribution is -2.47. The fraction of sp³-hybridized carbons (Fsp3) is 0.857. The molecule has 1 N–H and O–H groups in total. The highest BCUT2D eigenvalue weighted by Crippen LogP contribution is 2.66. The van der Waals surface area contributed by atoms with Gasteiger partial charge in [0.2, 0.25) is 0 Å². The highest BCUT2D eigenvalue weighted by atomic mass is 16.6. The van der Waals surface area contributed by atoms with Crippen molar-refractivity contribution in [1.82, 2.24) is 0 Å². The van der Waals surface area contributed by atoms with Gasteiger partial charge in [0.15, 0.2) is 0 Å². The number of epoxide rings is 1. The Bertz CT molecular complexity index is 750. The van der Waals surface area contributed by atoms with E-state index in [1.807, 2.05) is 0 Å². The molecule has 1 heterocycles. The summed E-state index contributed by atoms with van der Waals surface area (Å²) < 4.78 is 6.29. The van der Waals surface area contributed by atoms with Crippen molar-refractivity contribution in [1.29, 1.82) is 0 Å². The van der Waals surface area contributed by atoms with Gasteiger partial charge in [0.25, 0.3) is 0 Å². The maximum atomic E-state index is 10.2. The minimum atomic E-state index is -0.121. The standard InChI is InChI=1S/C28H44O2/c1-16(2)17(3)25-26(30-25)18(4)22-9-10-23-21-8-7-19-15-20(29)11-13-27(19,5)24(21)12-14-28(22,23)6/h7-8,16-18,20,22-26,29H,9-15H2,1-6H3/t17-,18+,20+,22-,23+,24+,25-,26-,27+,28-/m1/s1. The van der Waals surface area contributed by atoms with Gasteiger partial charge >= 0.3 is 0 Å². The Balaban J connectivity index is 1.37. The van der Waals surface area contributed by atoms with E-state index < -0.39 is 0 Å². The van der Waals surface area contributed by atoms with Gasteiger partial charge in [-0.05, 0) is 91.3 Å². The van der Waals surface area contributed by atoms with Gasteiger partial charge in [-0.2, -0.15) is 0 Å². The summed E-state index contributed by atoms with van der Waals surface area (Å²) in [5, 5.41) is 10.2. The molecule has 0 aromatic heterocycles. The molecule has 168 valence electrons. The number of aliphatic hydroxyl groups excluding tert-OH is 1. The molecular formula is C28H44O2. The lowest BCUT2D eigenvalue weighted by atomic mass is 9.50. The molecule has 4 fully saturated rings. The van der Waals surface area contributed by atoms with E-state index in [9.17, 15) is 5.11 Å². The Kier molecular flexibility index (Phi) is 5.10. The smallest absolute Gasteiger partial charge is 0.0873 e. The van der Waals surface area contributed by atoms with Gasteiger partial charge < -0.3 is 9.84 Å². The maximum Gasteiger partial charge on any atom is 0.0873 e. The summed E-state index contributed by atoms with van der Waals surface area (Å²) in [5.41, 5.74) is 4.03. The molecule has 5 rings (SSSR count). The van der Waals surface area contributed by atoms with Crippen LogP contribution in [-0.4, -0.2) is 23.4 Å². The van der Waals surface area contributed by atoms with E-state index in [0.717, 1.165) is 31.1 Å². The second-order valence-electron chi connectivity index (χ2n) is 12.5. The van der Waals surface area contributed by atoms with Gasteiger partial charge in [-0.3, -0.25) is 0 Å². The molecule has 10 atom stereocenters. The molecule has 2 nitrogen and oxygen atoms in total. The van der Waals surface area contributed by atoms with Crippen LogP contribution in [-0.2, 0) is 4.74 Å². The van der Waals surface area contributed by atoms with Crippen LogP contribution >= 0.6 is 0 Å². The summed E-state index contributed by atoms with van der Waals surface area (Å²) in [7, 11) is 0. The van der Waals surface area contributed by atoms with Crippen molar-refractivity contribution in [2.75, 3.05) is 0 Å². The molecule has 0 amide bonds. The van der Waals surface area contributed by atoms with Crippen molar-refractivity contribution in [3.63, 3.8) is 0 Å². The van der Waals surface area contributed by atoms with E-state index in [1.54, 1.807) is 5.57 Å². The Labute approximate surface area is 184 Å². The molecule has 0 unspecified atom stereocenters. The first-order valence-corrected chi connectivity index (χ1v) is 12.9. The number of aliphatic hydroxyl groups is 1. The summed E-state index contributed by atoms with van der Waals surface area (Å²) in [6.45, 7) is 14.7. The van der Waals surface area contributed by atoms with Gasteiger partial charge in [0.05, 0.1) is 18.3 Å². The molecular weight excluding hydrogens is 368 g/mol. The fourth-order valence-corrected chi connectivity index (χ4v) is 8.48. The molecule has 3 saturated carbocycles. The molecule has 4 aliphatic carbocycles. The van der Waals surface area contributed by atoms with Crippen LogP contribution in [0.3, 0.4) is 0 Å². The monoisotopic (exact) mass is 412 g/mol. The fourth-order valence-electron chi connectivity index (χ4n) is 8.48. The van der Waals surface area contributed by atoms with Crippen LogP contribution in [0.15, 0.2) is 23.3 Å². The molecule has 2 heteroatoms. The first kappa shape index (κ1) is 21.3. The highest BCUT2D eigenvalue weighted by molar-refractivity contribution is 5.39. The lowest BCUT2D eigenvalue weighted by Gasteiger charge is -2.55. The van der Waals surface area contributed by atoms with E-state index in [4.69, 9.17) is 4.74 Å². The zero-order valence-corrected chi connectivity index (χ0v) is 20.2. The number of hydrogen-bond acceptors (Lipinski definition) is 2. The van der Waals surface area contributed by atoms with Gasteiger partial charge in [-0.1, -0.05) is 64.8 Å². The van der Waals surface area contributed by atoms with Crippen molar-refractivity contribution < 1.29 is 9.84 Å². The SMILES string of the molecule is CC(C)[C@@H](C)[C@H]1O[C@@H]1[C@@H](C)[C@H]1CC[C@H]2C3=CC=C4C[C@@H](O)CC[C@]4(C)[C@H]3CC[C@]12C. The van der Waals surface area contributed by atoms with E-state index in [2.05, 4.69) is 53.7 Å². The molecule has 0 radical (unpaired) electrons. The van der Waals surface area contributed by atoms with Crippen LogP contribution in [0.4, 0.5) is 0 Å². The second-order valence-corrected chi connectivity index (χ2v) is 12.5. The van der Waals surface area contributed by atoms with E-state index >= 15 is 0 Å². The van der Waals surface area contributed by atoms with Crippen molar-refractivity contribution in [2.24, 2.45) is 46.3 Å².